The number of hydroxylamine groups is 2. The number of rotatable bonds is 15. The number of fused-ring (bicyclic) bond motifs is 3. The molecule has 1 aliphatic carbocycles. The average Bonchev–Trinajstić information content (AvgIpc) is 3.76. The van der Waals surface area contributed by atoms with Gasteiger partial charge in [-0.15, -0.1) is 0 Å². The van der Waals surface area contributed by atoms with E-state index in [2.05, 4.69) is 63.6 Å². The van der Waals surface area contributed by atoms with Crippen LogP contribution in [0.3, 0.4) is 0 Å². The zero-order valence-electron chi connectivity index (χ0n) is 35.6. The maximum absolute atomic E-state index is 13.9. The maximum atomic E-state index is 13.9. The van der Waals surface area contributed by atoms with Crippen LogP contribution in [0.15, 0.2) is 102 Å². The summed E-state index contributed by atoms with van der Waals surface area (Å²) < 4.78 is 36.1. The molecule has 3 heterocycles. The predicted octanol–water partition coefficient (Wildman–Crippen LogP) is 9.26. The third-order valence-corrected chi connectivity index (χ3v) is 14.3. The summed E-state index contributed by atoms with van der Waals surface area (Å²) in [7, 11) is -1.37. The number of nitrogens with zero attached hydrogens (tertiary/aromatic N) is 2. The van der Waals surface area contributed by atoms with E-state index in [9.17, 15) is 23.6 Å². The summed E-state index contributed by atoms with van der Waals surface area (Å²) in [6.07, 6.45) is 8.90. The number of benzene rings is 4. The van der Waals surface area contributed by atoms with Gasteiger partial charge >= 0.3 is 0 Å². The highest BCUT2D eigenvalue weighted by molar-refractivity contribution is 7.90. The van der Waals surface area contributed by atoms with Crippen molar-refractivity contribution in [3.8, 4) is 11.5 Å². The minimum Gasteiger partial charge on any atom is -0.593 e. The van der Waals surface area contributed by atoms with Gasteiger partial charge in [0.25, 0.3) is 15.9 Å². The van der Waals surface area contributed by atoms with E-state index in [-0.39, 0.29) is 33.4 Å². The molecule has 2 bridgehead atoms. The van der Waals surface area contributed by atoms with Gasteiger partial charge in [0.1, 0.15) is 18.5 Å². The molecule has 4 atom stereocenters. The van der Waals surface area contributed by atoms with Crippen molar-refractivity contribution in [3.63, 3.8) is 0 Å². The van der Waals surface area contributed by atoms with E-state index in [0.29, 0.717) is 42.3 Å². The summed E-state index contributed by atoms with van der Waals surface area (Å²) in [5.74, 6) is -0.334. The van der Waals surface area contributed by atoms with Crippen LogP contribution in [0.5, 0.6) is 11.5 Å². The second-order valence-corrected chi connectivity index (χ2v) is 20.0. The maximum Gasteiger partial charge on any atom is 0.268 e. The highest BCUT2D eigenvalue weighted by Crippen LogP contribution is 2.43. The molecule has 0 saturated carbocycles. The minimum absolute atomic E-state index is 0.0182. The lowest BCUT2D eigenvalue weighted by Crippen LogP contribution is -2.45. The van der Waals surface area contributed by atoms with Crippen LogP contribution in [0, 0.1) is 10.6 Å². The third-order valence-electron chi connectivity index (χ3n) is 12.7. The number of ether oxygens (including phenoxy) is 1. The van der Waals surface area contributed by atoms with Crippen LogP contribution in [0.1, 0.15) is 74.7 Å². The van der Waals surface area contributed by atoms with Crippen molar-refractivity contribution >= 4 is 61.1 Å². The Kier molecular flexibility index (Phi) is 12.5. The van der Waals surface area contributed by atoms with E-state index in [1.807, 2.05) is 36.5 Å². The fourth-order valence-corrected chi connectivity index (χ4v) is 10.4. The van der Waals surface area contributed by atoms with Gasteiger partial charge in [-0.25, -0.2) is 18.3 Å². The Morgan fingerprint density at radius 1 is 1.00 bits per heavy atom. The van der Waals surface area contributed by atoms with Gasteiger partial charge in [-0.1, -0.05) is 43.2 Å². The number of halogens is 1. The van der Waals surface area contributed by atoms with Crippen LogP contribution >= 0.6 is 11.6 Å². The highest BCUT2D eigenvalue weighted by Gasteiger charge is 2.39. The molecule has 2 saturated heterocycles. The van der Waals surface area contributed by atoms with Gasteiger partial charge in [0.2, 0.25) is 0 Å². The number of carbonyl (C=O) groups excluding carboxylic acids is 1. The second-order valence-electron chi connectivity index (χ2n) is 17.9. The molecule has 328 valence electrons. The Hall–Kier alpha value is -4.93. The van der Waals surface area contributed by atoms with Crippen LogP contribution in [0.2, 0.25) is 5.02 Å². The lowest BCUT2D eigenvalue weighted by atomic mass is 9.72. The number of H-pyrrole nitrogens is 1. The van der Waals surface area contributed by atoms with E-state index in [4.69, 9.17) is 16.3 Å². The van der Waals surface area contributed by atoms with Gasteiger partial charge in [0.05, 0.1) is 16.1 Å². The molecule has 13 nitrogen and oxygen atoms in total. The standard InChI is InChI=1S/C47H56ClN7O6S/c1-47(2)19-17-32(41(28-47)30-5-7-33(48)8-6-30)29-49-21-22-50-34-9-14-40(45(26-34)61-38-12-15-42-31(23-38)18-20-51-42)46(56)53-62(59,60)39-13-16-43(44(27-39)55(4,57)58)52-35-24-36-10-11-37(25-35)54(36)3/h5-9,12-16,18,20,23,26-27,35-37,49-52,57H,10-11,17,19,21-22,24-25,28-29H2,1-4H3,(H,53,56)/t35?,36-,37+. The van der Waals surface area contributed by atoms with Crippen LogP contribution in [0.4, 0.5) is 17.1 Å². The van der Waals surface area contributed by atoms with Gasteiger partial charge < -0.3 is 35.8 Å². The smallest absolute Gasteiger partial charge is 0.268 e. The van der Waals surface area contributed by atoms with Crippen molar-refractivity contribution in [3.05, 3.63) is 118 Å². The number of nitrogens with one attached hydrogen (secondary N) is 5. The third kappa shape index (κ3) is 9.97. The van der Waals surface area contributed by atoms with Crippen molar-refractivity contribution < 1.29 is 23.2 Å². The van der Waals surface area contributed by atoms with E-state index in [0.717, 1.165) is 80.5 Å². The first-order valence-corrected chi connectivity index (χ1v) is 23.2. The number of hydrogen-bond donors (Lipinski definition) is 6. The minimum atomic E-state index is -4.52. The van der Waals surface area contributed by atoms with Crippen molar-refractivity contribution in [2.24, 2.45) is 5.41 Å². The molecule has 3 aliphatic rings. The molecule has 1 amide bonds. The lowest BCUT2D eigenvalue weighted by Gasteiger charge is -2.38. The lowest BCUT2D eigenvalue weighted by molar-refractivity contribution is -0.00405. The molecular formula is C47H56ClN7O6S. The van der Waals surface area contributed by atoms with Crippen molar-refractivity contribution in [2.45, 2.75) is 81.8 Å². The normalized spacial score (nSPS) is 21.1. The summed E-state index contributed by atoms with van der Waals surface area (Å²) in [6.45, 7) is 6.61. The van der Waals surface area contributed by atoms with Crippen LogP contribution < -0.4 is 30.2 Å². The quantitative estimate of drug-likeness (QED) is 0.0339. The Labute approximate surface area is 368 Å². The summed E-state index contributed by atoms with van der Waals surface area (Å²) in [5, 5.41) is 35.6. The molecule has 0 spiro atoms. The number of hydrogen-bond acceptors (Lipinski definition) is 10. The van der Waals surface area contributed by atoms with Crippen molar-refractivity contribution in [2.75, 3.05) is 44.4 Å². The van der Waals surface area contributed by atoms with E-state index < -0.39 is 20.7 Å². The predicted molar refractivity (Wildman–Crippen MR) is 247 cm³/mol. The molecule has 6 N–H and O–H groups in total. The number of aromatic amines is 1. The molecule has 15 heteroatoms. The zero-order valence-corrected chi connectivity index (χ0v) is 37.2. The second kappa shape index (κ2) is 17.7. The summed E-state index contributed by atoms with van der Waals surface area (Å²) in [6, 6.07) is 25.2. The van der Waals surface area contributed by atoms with E-state index in [1.54, 1.807) is 18.2 Å². The van der Waals surface area contributed by atoms with Gasteiger partial charge in [-0.2, -0.15) is 4.81 Å². The Balaban J connectivity index is 0.975. The Bertz CT molecular complexity index is 2570. The Morgan fingerprint density at radius 3 is 2.50 bits per heavy atom. The number of allylic oxidation sites excluding steroid dienone is 1. The van der Waals surface area contributed by atoms with Gasteiger partial charge in [0, 0.05) is 77.7 Å². The first-order chi connectivity index (χ1) is 29.5. The van der Waals surface area contributed by atoms with Crippen LogP contribution in [-0.4, -0.2) is 81.3 Å². The largest absolute Gasteiger partial charge is 0.593 e. The van der Waals surface area contributed by atoms with E-state index >= 15 is 0 Å². The number of amides is 1. The summed E-state index contributed by atoms with van der Waals surface area (Å²) >= 11 is 6.20. The van der Waals surface area contributed by atoms with Crippen LogP contribution in [0.25, 0.3) is 16.5 Å². The van der Waals surface area contributed by atoms with Gasteiger partial charge in [0.15, 0.2) is 5.69 Å². The first-order valence-electron chi connectivity index (χ1n) is 21.3. The fourth-order valence-electron chi connectivity index (χ4n) is 9.27. The summed E-state index contributed by atoms with van der Waals surface area (Å²) in [4.78, 5) is 17.3. The monoisotopic (exact) mass is 881 g/mol. The molecule has 1 aromatic heterocycles. The molecule has 8 rings (SSSR count). The molecule has 0 radical (unpaired) electrons. The summed E-state index contributed by atoms with van der Waals surface area (Å²) in [5.41, 5.74) is 5.92. The number of anilines is 2. The number of aromatic nitrogens is 1. The topological polar surface area (TPSA) is 171 Å². The molecule has 2 fully saturated rings. The first kappa shape index (κ1) is 43.7. The van der Waals surface area contributed by atoms with Crippen LogP contribution in [-0.2, 0) is 10.0 Å². The number of piperidine rings is 1. The van der Waals surface area contributed by atoms with Crippen molar-refractivity contribution in [1.29, 1.82) is 0 Å². The molecule has 4 aromatic carbocycles. The number of carbonyl (C=O) groups is 1. The SMILES string of the molecule is CN1[C@@H]2CC[C@H]1CC(Nc1ccc(S(=O)(=O)NC(=O)c3ccc(NCCNCC4=C(c5ccc(Cl)cc5)CC(C)(C)CC4)cc3Oc3ccc4[nH]ccc4c3)cc1[N+](C)([O-])O)C2. The Morgan fingerprint density at radius 2 is 1.76 bits per heavy atom. The van der Waals surface area contributed by atoms with Crippen molar-refractivity contribution in [1.82, 2.24) is 24.7 Å². The molecule has 62 heavy (non-hydrogen) atoms. The molecule has 2 unspecified atom stereocenters. The van der Waals surface area contributed by atoms with Gasteiger partial charge in [-0.3, -0.25) is 4.79 Å². The molecule has 5 aromatic rings. The van der Waals surface area contributed by atoms with Gasteiger partial charge in [-0.05, 0) is 129 Å². The van der Waals surface area contributed by atoms with E-state index in [1.165, 1.54) is 34.9 Å². The molecule has 2 aliphatic heterocycles. The number of quaternary nitrogens is 1. The highest BCUT2D eigenvalue weighted by atomic mass is 35.5. The molecular weight excluding hydrogens is 826 g/mol. The number of sulfonamides is 1. The average molecular weight is 883 g/mol. The zero-order chi connectivity index (χ0) is 43.8. The fraction of sp³-hybridized carbons (Fsp3) is 0.383.